The van der Waals surface area contributed by atoms with E-state index >= 15 is 0 Å². The number of esters is 1. The molecule has 3 rings (SSSR count). The summed E-state index contributed by atoms with van der Waals surface area (Å²) < 4.78 is 43.3. The fraction of sp³-hybridized carbons (Fsp3) is 0.438. The molecular weight excluding hydrogens is 433 g/mol. The van der Waals surface area contributed by atoms with Crippen molar-refractivity contribution in [2.45, 2.75) is 31.1 Å². The summed E-state index contributed by atoms with van der Waals surface area (Å²) in [7, 11) is 0. The lowest BCUT2D eigenvalue weighted by Crippen LogP contribution is -2.70. The number of aliphatic carboxylic acids is 1. The predicted octanol–water partition coefficient (Wildman–Crippen LogP) is 0.204. The van der Waals surface area contributed by atoms with Gasteiger partial charge in [-0.25, -0.2) is 4.79 Å². The van der Waals surface area contributed by atoms with Crippen LogP contribution in [-0.2, 0) is 36.6 Å². The Morgan fingerprint density at radius 2 is 2.10 bits per heavy atom. The molecule has 10 nitrogen and oxygen atoms in total. The van der Waals surface area contributed by atoms with E-state index in [0.717, 1.165) is 28.8 Å². The molecule has 2 aliphatic heterocycles. The van der Waals surface area contributed by atoms with E-state index in [4.69, 9.17) is 4.74 Å². The Morgan fingerprint density at radius 3 is 2.67 bits per heavy atom. The first-order valence-electron chi connectivity index (χ1n) is 8.42. The summed E-state index contributed by atoms with van der Waals surface area (Å²) in [6, 6.07) is -0.320. The molecule has 1 aromatic heterocycles. The maximum absolute atomic E-state index is 12.6. The topological polar surface area (TPSA) is 131 Å². The number of nitrogens with one attached hydrogen (secondary N) is 1. The number of rotatable bonds is 6. The number of carboxylic acids is 1. The maximum Gasteiger partial charge on any atom is 0.435 e. The highest BCUT2D eigenvalue weighted by molar-refractivity contribution is 8.00. The Bertz CT molecular complexity index is 944. The number of nitrogens with zero attached hydrogens (tertiary/aromatic N) is 3. The molecule has 0 radical (unpaired) electrons. The molecular formula is C16H15F3N4O6S. The number of thioether (sulfide) groups is 1. The zero-order valence-corrected chi connectivity index (χ0v) is 16.1. The molecule has 2 aliphatic rings. The van der Waals surface area contributed by atoms with E-state index in [0.29, 0.717) is 0 Å². The van der Waals surface area contributed by atoms with Gasteiger partial charge in [0.05, 0.1) is 0 Å². The largest absolute Gasteiger partial charge is 0.477 e. The number of β-lactam (4-membered cyclic amide) rings is 1. The van der Waals surface area contributed by atoms with Gasteiger partial charge in [0.15, 0.2) is 5.69 Å². The van der Waals surface area contributed by atoms with Crippen molar-refractivity contribution in [3.05, 3.63) is 29.2 Å². The number of hydrogen-bond acceptors (Lipinski definition) is 7. The predicted molar refractivity (Wildman–Crippen MR) is 93.5 cm³/mol. The molecule has 1 saturated heterocycles. The molecule has 0 aromatic carbocycles. The highest BCUT2D eigenvalue weighted by Crippen LogP contribution is 2.40. The number of aromatic nitrogens is 2. The fourth-order valence-electron chi connectivity index (χ4n) is 2.95. The number of carboxylic acid groups (broad SMARTS) is 1. The second-order valence-corrected chi connectivity index (χ2v) is 7.49. The van der Waals surface area contributed by atoms with Crippen LogP contribution >= 0.6 is 11.8 Å². The van der Waals surface area contributed by atoms with E-state index in [2.05, 4.69) is 10.4 Å². The van der Waals surface area contributed by atoms with E-state index in [1.54, 1.807) is 0 Å². The average molecular weight is 448 g/mol. The van der Waals surface area contributed by atoms with Crippen LogP contribution in [0, 0.1) is 0 Å². The van der Waals surface area contributed by atoms with Gasteiger partial charge in [-0.05, 0) is 6.07 Å². The summed E-state index contributed by atoms with van der Waals surface area (Å²) in [6.45, 7) is 0.340. The highest BCUT2D eigenvalue weighted by atomic mass is 32.2. The van der Waals surface area contributed by atoms with Gasteiger partial charge >= 0.3 is 18.1 Å². The smallest absolute Gasteiger partial charge is 0.435 e. The molecule has 2 amide bonds. The first-order valence-corrected chi connectivity index (χ1v) is 9.47. The summed E-state index contributed by atoms with van der Waals surface area (Å²) in [5, 5.41) is 14.4. The molecule has 1 aromatic rings. The molecule has 1 fully saturated rings. The quantitative estimate of drug-likeness (QED) is 0.466. The molecule has 30 heavy (non-hydrogen) atoms. The number of halogens is 3. The SMILES string of the molecule is CC(=O)OCC1=C(C(=O)O)N2C(=O)[C@H](NC(=O)Cn3ccc(C(F)(F)F)n3)[C@@H]2SC1. The van der Waals surface area contributed by atoms with Crippen molar-refractivity contribution >= 4 is 35.5 Å². The molecule has 0 unspecified atom stereocenters. The van der Waals surface area contributed by atoms with Crippen molar-refractivity contribution in [1.82, 2.24) is 20.0 Å². The van der Waals surface area contributed by atoms with Crippen LogP contribution in [0.2, 0.25) is 0 Å². The molecule has 162 valence electrons. The van der Waals surface area contributed by atoms with E-state index in [-0.39, 0.29) is 23.6 Å². The number of fused-ring (bicyclic) bond motifs is 1. The molecule has 3 heterocycles. The first kappa shape index (κ1) is 21.7. The van der Waals surface area contributed by atoms with Gasteiger partial charge in [-0.15, -0.1) is 11.8 Å². The van der Waals surface area contributed by atoms with Crippen molar-refractivity contribution in [2.75, 3.05) is 12.4 Å². The van der Waals surface area contributed by atoms with Crippen LogP contribution in [0.15, 0.2) is 23.5 Å². The third-order valence-corrected chi connectivity index (χ3v) is 5.59. The standard InChI is InChI=1S/C16H15F3N4O6S/c1-7(24)29-5-8-6-30-14-11(13(26)23(14)12(8)15(27)28)20-10(25)4-22-3-2-9(21-22)16(17,18)19/h2-3,11,14H,4-6H2,1H3,(H,20,25)(H,27,28)/t11-,14-/m0/s1. The van der Waals surface area contributed by atoms with Crippen molar-refractivity contribution in [3.8, 4) is 0 Å². The summed E-state index contributed by atoms with van der Waals surface area (Å²) in [5.74, 6) is -3.26. The van der Waals surface area contributed by atoms with Gasteiger partial charge in [-0.3, -0.25) is 24.0 Å². The van der Waals surface area contributed by atoms with Crippen molar-refractivity contribution in [3.63, 3.8) is 0 Å². The van der Waals surface area contributed by atoms with Crippen LogP contribution in [-0.4, -0.2) is 67.3 Å². The minimum Gasteiger partial charge on any atom is -0.477 e. The second-order valence-electron chi connectivity index (χ2n) is 6.39. The average Bonchev–Trinajstić information content (AvgIpc) is 3.12. The van der Waals surface area contributed by atoms with Crippen LogP contribution in [0.5, 0.6) is 0 Å². The lowest BCUT2D eigenvalue weighted by Gasteiger charge is -2.49. The summed E-state index contributed by atoms with van der Waals surface area (Å²) >= 11 is 1.17. The Morgan fingerprint density at radius 1 is 1.40 bits per heavy atom. The van der Waals surface area contributed by atoms with Crippen LogP contribution in [0.4, 0.5) is 13.2 Å². The van der Waals surface area contributed by atoms with Gasteiger partial charge in [-0.2, -0.15) is 18.3 Å². The normalized spacial score (nSPS) is 21.1. The highest BCUT2D eigenvalue weighted by Gasteiger charge is 2.54. The van der Waals surface area contributed by atoms with Gasteiger partial charge in [0, 0.05) is 24.4 Å². The molecule has 0 aliphatic carbocycles. The van der Waals surface area contributed by atoms with Gasteiger partial charge < -0.3 is 15.2 Å². The van der Waals surface area contributed by atoms with E-state index in [1.807, 2.05) is 0 Å². The minimum absolute atomic E-state index is 0.157. The lowest BCUT2D eigenvalue weighted by molar-refractivity contribution is -0.151. The molecule has 2 atom stereocenters. The van der Waals surface area contributed by atoms with E-state index in [1.165, 1.54) is 11.8 Å². The summed E-state index contributed by atoms with van der Waals surface area (Å²) in [5.41, 5.74) is -1.22. The van der Waals surface area contributed by atoms with Gasteiger partial charge in [0.1, 0.15) is 30.3 Å². The molecule has 0 bridgehead atoms. The molecule has 14 heteroatoms. The fourth-order valence-corrected chi connectivity index (χ4v) is 4.28. The Hall–Kier alpha value is -3.03. The van der Waals surface area contributed by atoms with E-state index < -0.39 is 53.6 Å². The monoisotopic (exact) mass is 448 g/mol. The zero-order valence-electron chi connectivity index (χ0n) is 15.3. The first-order chi connectivity index (χ1) is 14.0. The number of hydrogen-bond donors (Lipinski definition) is 2. The van der Waals surface area contributed by atoms with Crippen LogP contribution in [0.1, 0.15) is 12.6 Å². The third kappa shape index (κ3) is 4.27. The lowest BCUT2D eigenvalue weighted by atomic mass is 10.0. The molecule has 0 spiro atoms. The maximum atomic E-state index is 12.6. The summed E-state index contributed by atoms with van der Waals surface area (Å²) in [6.07, 6.45) is -3.66. The van der Waals surface area contributed by atoms with Crippen LogP contribution in [0.25, 0.3) is 0 Å². The van der Waals surface area contributed by atoms with Crippen LogP contribution in [0.3, 0.4) is 0 Å². The molecule has 0 saturated carbocycles. The second kappa shape index (κ2) is 8.01. The van der Waals surface area contributed by atoms with Crippen molar-refractivity contribution < 1.29 is 42.2 Å². The molecule has 2 N–H and O–H groups in total. The number of ether oxygens (including phenoxy) is 1. The van der Waals surface area contributed by atoms with Crippen LogP contribution < -0.4 is 5.32 Å². The third-order valence-electron chi connectivity index (χ3n) is 4.25. The Kier molecular flexibility index (Phi) is 5.78. The van der Waals surface area contributed by atoms with Gasteiger partial charge in [-0.1, -0.05) is 0 Å². The number of carbonyl (C=O) groups excluding carboxylic acids is 3. The minimum atomic E-state index is -4.64. The zero-order chi connectivity index (χ0) is 22.2. The van der Waals surface area contributed by atoms with Gasteiger partial charge in [0.2, 0.25) is 5.91 Å². The van der Waals surface area contributed by atoms with Gasteiger partial charge in [0.25, 0.3) is 5.91 Å². The van der Waals surface area contributed by atoms with Crippen molar-refractivity contribution in [2.24, 2.45) is 0 Å². The number of amides is 2. The Balaban J connectivity index is 1.66. The van der Waals surface area contributed by atoms with E-state index in [9.17, 15) is 37.5 Å². The number of carbonyl (C=O) groups is 4. The van der Waals surface area contributed by atoms with Crippen molar-refractivity contribution in [1.29, 1.82) is 0 Å². The number of alkyl halides is 3. The Labute approximate surface area is 171 Å². The summed E-state index contributed by atoms with van der Waals surface area (Å²) in [4.78, 5) is 48.1.